The van der Waals surface area contributed by atoms with Crippen LogP contribution in [0.3, 0.4) is 0 Å². The Morgan fingerprint density at radius 1 is 1.18 bits per heavy atom. The van der Waals surface area contributed by atoms with E-state index in [-0.39, 0.29) is 11.8 Å². The van der Waals surface area contributed by atoms with Crippen LogP contribution in [0.1, 0.15) is 72.3 Å². The van der Waals surface area contributed by atoms with Gasteiger partial charge in [0.1, 0.15) is 0 Å². The summed E-state index contributed by atoms with van der Waals surface area (Å²) >= 11 is 0. The molecule has 1 heterocycles. The molecule has 0 spiro atoms. The molecule has 2 fully saturated rings. The van der Waals surface area contributed by atoms with E-state index in [0.29, 0.717) is 12.5 Å². The zero-order valence-electron chi connectivity index (χ0n) is 18.9. The van der Waals surface area contributed by atoms with Crippen molar-refractivity contribution < 1.29 is 4.79 Å². The van der Waals surface area contributed by atoms with Crippen LogP contribution in [0.15, 0.2) is 24.3 Å². The van der Waals surface area contributed by atoms with Crippen molar-refractivity contribution in [2.45, 2.75) is 73.3 Å². The molecule has 2 unspecified atom stereocenters. The number of carbonyl (C=O) groups excluding carboxylic acids is 1. The van der Waals surface area contributed by atoms with Gasteiger partial charge in [-0.3, -0.25) is 4.79 Å². The van der Waals surface area contributed by atoms with Crippen molar-refractivity contribution in [1.29, 1.82) is 0 Å². The molecule has 1 saturated carbocycles. The quantitative estimate of drug-likeness (QED) is 0.763. The Bertz CT molecular complexity index is 540. The van der Waals surface area contributed by atoms with Crippen molar-refractivity contribution in [1.82, 2.24) is 10.6 Å². The first-order valence-electron chi connectivity index (χ1n) is 11.5. The van der Waals surface area contributed by atoms with Crippen LogP contribution >= 0.6 is 0 Å². The van der Waals surface area contributed by atoms with Crippen LogP contribution in [-0.4, -0.2) is 32.1 Å². The molecule has 3 rings (SSSR count). The predicted molar refractivity (Wildman–Crippen MR) is 122 cm³/mol. The number of rotatable bonds is 4. The lowest BCUT2D eigenvalue weighted by Gasteiger charge is -2.29. The molecule has 0 radical (unpaired) electrons. The minimum absolute atomic E-state index is 0.218. The minimum Gasteiger partial charge on any atom is -0.369 e. The predicted octanol–water partition coefficient (Wildman–Crippen LogP) is 4.98. The van der Waals surface area contributed by atoms with Crippen LogP contribution in [-0.2, 0) is 11.3 Å². The topological polar surface area (TPSA) is 44.4 Å². The zero-order valence-corrected chi connectivity index (χ0v) is 18.9. The van der Waals surface area contributed by atoms with Gasteiger partial charge in [-0.1, -0.05) is 66.0 Å². The summed E-state index contributed by atoms with van der Waals surface area (Å²) in [6.07, 6.45) is 5.82. The third-order valence-electron chi connectivity index (χ3n) is 5.17. The molecule has 2 N–H and O–H groups in total. The number of anilines is 1. The number of nitrogens with zero attached hydrogens (tertiary/aromatic N) is 1. The molecule has 2 aliphatic rings. The van der Waals surface area contributed by atoms with E-state index in [1.54, 1.807) is 0 Å². The first kappa shape index (κ1) is 24.5. The van der Waals surface area contributed by atoms with Gasteiger partial charge in [-0.15, -0.1) is 0 Å². The van der Waals surface area contributed by atoms with Crippen LogP contribution in [0.2, 0.25) is 0 Å². The Morgan fingerprint density at radius 3 is 2.50 bits per heavy atom. The molecular weight excluding hydrogens is 346 g/mol. The van der Waals surface area contributed by atoms with Gasteiger partial charge in [0, 0.05) is 44.3 Å². The largest absolute Gasteiger partial charge is 0.369 e. The zero-order chi connectivity index (χ0) is 20.8. The van der Waals surface area contributed by atoms with Crippen LogP contribution in [0.5, 0.6) is 0 Å². The summed E-state index contributed by atoms with van der Waals surface area (Å²) in [5.41, 5.74) is 2.46. The highest BCUT2D eigenvalue weighted by atomic mass is 16.1. The molecular formula is C24H43N3O. The number of piperazine rings is 1. The molecule has 1 aromatic carbocycles. The van der Waals surface area contributed by atoms with E-state index in [9.17, 15) is 4.79 Å². The fraction of sp³-hybridized carbons (Fsp3) is 0.708. The Hall–Kier alpha value is -1.55. The highest BCUT2D eigenvalue weighted by Gasteiger charge is 2.24. The van der Waals surface area contributed by atoms with Gasteiger partial charge in [-0.05, 0) is 36.5 Å². The second kappa shape index (κ2) is 14.4. The van der Waals surface area contributed by atoms with E-state index in [1.807, 2.05) is 13.8 Å². The van der Waals surface area contributed by atoms with E-state index in [2.05, 4.69) is 60.6 Å². The second-order valence-corrected chi connectivity index (χ2v) is 7.80. The highest BCUT2D eigenvalue weighted by molar-refractivity contribution is 5.78. The molecule has 0 bridgehead atoms. The first-order valence-corrected chi connectivity index (χ1v) is 11.5. The second-order valence-electron chi connectivity index (χ2n) is 7.80. The fourth-order valence-corrected chi connectivity index (χ4v) is 3.79. The maximum Gasteiger partial charge on any atom is 0.223 e. The molecule has 28 heavy (non-hydrogen) atoms. The molecule has 1 aliphatic carbocycles. The Balaban J connectivity index is 0.000000717. The Kier molecular flexibility index (Phi) is 12.6. The summed E-state index contributed by atoms with van der Waals surface area (Å²) in [4.78, 5) is 14.8. The molecule has 1 aromatic rings. The molecule has 1 amide bonds. The van der Waals surface area contributed by atoms with Gasteiger partial charge in [-0.2, -0.15) is 0 Å². The summed E-state index contributed by atoms with van der Waals surface area (Å²) in [6, 6.07) is 8.59. The van der Waals surface area contributed by atoms with Crippen molar-refractivity contribution >= 4 is 11.6 Å². The Morgan fingerprint density at radius 2 is 1.86 bits per heavy atom. The third-order valence-corrected chi connectivity index (χ3v) is 5.17. The average Bonchev–Trinajstić information content (AvgIpc) is 2.75. The molecule has 0 aromatic heterocycles. The molecule has 160 valence electrons. The van der Waals surface area contributed by atoms with E-state index >= 15 is 0 Å². The van der Waals surface area contributed by atoms with Crippen molar-refractivity contribution in [2.24, 2.45) is 11.8 Å². The summed E-state index contributed by atoms with van der Waals surface area (Å²) in [7, 11) is 0. The molecule has 1 saturated heterocycles. The first-order chi connectivity index (χ1) is 13.6. The lowest BCUT2D eigenvalue weighted by atomic mass is 9.82. The van der Waals surface area contributed by atoms with Crippen LogP contribution in [0, 0.1) is 11.8 Å². The summed E-state index contributed by atoms with van der Waals surface area (Å²) < 4.78 is 0. The van der Waals surface area contributed by atoms with Gasteiger partial charge < -0.3 is 15.5 Å². The third kappa shape index (κ3) is 8.64. The van der Waals surface area contributed by atoms with E-state index < -0.39 is 0 Å². The van der Waals surface area contributed by atoms with Gasteiger partial charge in [-0.25, -0.2) is 0 Å². The average molecular weight is 390 g/mol. The van der Waals surface area contributed by atoms with Crippen molar-refractivity contribution in [3.05, 3.63) is 29.8 Å². The van der Waals surface area contributed by atoms with Gasteiger partial charge >= 0.3 is 0 Å². The van der Waals surface area contributed by atoms with Crippen LogP contribution in [0.25, 0.3) is 0 Å². The lowest BCUT2D eigenvalue weighted by Crippen LogP contribution is -2.43. The number of amides is 1. The standard InChI is InChI=1S/C19H29N3O.C3H8.C2H6/c1-15-4-2-6-17(12-15)19(23)21-14-16-5-3-7-18(13-16)22-10-8-20-9-11-22;1-3-2;1-2/h3,5,7,13,15,17,20H,2,4,6,8-12,14H2,1H3,(H,21,23);3H2,1-2H3;1-2H3. The number of carbonyl (C=O) groups is 1. The van der Waals surface area contributed by atoms with Gasteiger partial charge in [0.05, 0.1) is 0 Å². The number of hydrogen-bond donors (Lipinski definition) is 2. The number of hydrogen-bond acceptors (Lipinski definition) is 3. The smallest absolute Gasteiger partial charge is 0.223 e. The molecule has 2 atom stereocenters. The molecule has 4 heteroatoms. The lowest BCUT2D eigenvalue weighted by molar-refractivity contribution is -0.126. The van der Waals surface area contributed by atoms with Crippen LogP contribution in [0.4, 0.5) is 5.69 Å². The van der Waals surface area contributed by atoms with E-state index in [4.69, 9.17) is 0 Å². The SMILES string of the molecule is CC.CC1CCCC(C(=O)NCc2cccc(N3CCNCC3)c2)C1.CCC. The van der Waals surface area contributed by atoms with Gasteiger partial charge in [0.25, 0.3) is 0 Å². The number of nitrogens with one attached hydrogen (secondary N) is 2. The summed E-state index contributed by atoms with van der Waals surface area (Å²) in [6.45, 7) is 15.3. The van der Waals surface area contributed by atoms with E-state index in [1.165, 1.54) is 30.5 Å². The maximum atomic E-state index is 12.4. The normalized spacial score (nSPS) is 21.5. The summed E-state index contributed by atoms with van der Waals surface area (Å²) in [5, 5.41) is 6.53. The number of benzene rings is 1. The van der Waals surface area contributed by atoms with E-state index in [0.717, 1.165) is 39.0 Å². The monoisotopic (exact) mass is 389 g/mol. The Labute approximate surface area is 173 Å². The van der Waals surface area contributed by atoms with Crippen molar-refractivity contribution in [3.63, 3.8) is 0 Å². The minimum atomic E-state index is 0.218. The van der Waals surface area contributed by atoms with Crippen LogP contribution < -0.4 is 15.5 Å². The van der Waals surface area contributed by atoms with Gasteiger partial charge in [0.15, 0.2) is 0 Å². The summed E-state index contributed by atoms with van der Waals surface area (Å²) in [5.74, 6) is 1.15. The van der Waals surface area contributed by atoms with Crippen molar-refractivity contribution in [2.75, 3.05) is 31.1 Å². The molecule has 4 nitrogen and oxygen atoms in total. The highest BCUT2D eigenvalue weighted by Crippen LogP contribution is 2.28. The van der Waals surface area contributed by atoms with Gasteiger partial charge in [0.2, 0.25) is 5.91 Å². The fourth-order valence-electron chi connectivity index (χ4n) is 3.79. The molecule has 1 aliphatic heterocycles. The van der Waals surface area contributed by atoms with Crippen molar-refractivity contribution in [3.8, 4) is 0 Å². The maximum absolute atomic E-state index is 12.4.